The lowest BCUT2D eigenvalue weighted by molar-refractivity contribution is -0.237. The number of hydrogen-bond donors (Lipinski definition) is 2. The second kappa shape index (κ2) is 3.47. The first-order chi connectivity index (χ1) is 6.59. The Kier molecular flexibility index (Phi) is 2.44. The zero-order valence-corrected chi connectivity index (χ0v) is 7.62. The monoisotopic (exact) mass is 204 g/mol. The Morgan fingerprint density at radius 1 is 1.43 bits per heavy atom. The van der Waals surface area contributed by atoms with E-state index in [-0.39, 0.29) is 6.61 Å². The third-order valence-electron chi connectivity index (χ3n) is 2.37. The third kappa shape index (κ3) is 1.50. The SMILES string of the molecule is CC(=O)O[C@H]1[C@@H](O)[C@H]2CO[C@H](O2)[C@@H]1O. The minimum atomic E-state index is -1.13. The van der Waals surface area contributed by atoms with Gasteiger partial charge in [0.15, 0.2) is 12.4 Å². The fraction of sp³-hybridized carbons (Fsp3) is 0.875. The molecule has 6 nitrogen and oxygen atoms in total. The minimum absolute atomic E-state index is 0.209. The number of esters is 1. The smallest absolute Gasteiger partial charge is 0.303 e. The van der Waals surface area contributed by atoms with E-state index in [2.05, 4.69) is 0 Å². The van der Waals surface area contributed by atoms with Crippen LogP contribution in [-0.2, 0) is 19.0 Å². The molecular weight excluding hydrogens is 192 g/mol. The van der Waals surface area contributed by atoms with Crippen LogP contribution in [0.1, 0.15) is 6.92 Å². The highest BCUT2D eigenvalue weighted by Crippen LogP contribution is 2.29. The maximum atomic E-state index is 10.7. The maximum absolute atomic E-state index is 10.7. The van der Waals surface area contributed by atoms with Gasteiger partial charge < -0.3 is 24.4 Å². The van der Waals surface area contributed by atoms with Crippen LogP contribution in [0.3, 0.4) is 0 Å². The van der Waals surface area contributed by atoms with E-state index in [0.29, 0.717) is 0 Å². The summed E-state index contributed by atoms with van der Waals surface area (Å²) in [6, 6.07) is 0. The van der Waals surface area contributed by atoms with Crippen molar-refractivity contribution in [3.8, 4) is 0 Å². The van der Waals surface area contributed by atoms with Gasteiger partial charge in [-0.1, -0.05) is 0 Å². The molecule has 0 aromatic heterocycles. The van der Waals surface area contributed by atoms with Crippen molar-refractivity contribution in [3.63, 3.8) is 0 Å². The summed E-state index contributed by atoms with van der Waals surface area (Å²) in [5.74, 6) is -0.547. The average molecular weight is 204 g/mol. The van der Waals surface area contributed by atoms with Crippen LogP contribution in [0.25, 0.3) is 0 Å². The van der Waals surface area contributed by atoms with Gasteiger partial charge in [0.2, 0.25) is 0 Å². The van der Waals surface area contributed by atoms with Crippen LogP contribution >= 0.6 is 0 Å². The van der Waals surface area contributed by atoms with Gasteiger partial charge in [0.25, 0.3) is 0 Å². The van der Waals surface area contributed by atoms with E-state index in [0.717, 1.165) is 0 Å². The first kappa shape index (κ1) is 9.85. The summed E-state index contributed by atoms with van der Waals surface area (Å²) in [4.78, 5) is 10.7. The summed E-state index contributed by atoms with van der Waals surface area (Å²) in [6.07, 6.45) is -4.44. The molecule has 2 saturated heterocycles. The third-order valence-corrected chi connectivity index (χ3v) is 2.37. The number of aliphatic hydroxyl groups is 2. The molecule has 5 atom stereocenters. The molecule has 2 aliphatic rings. The van der Waals surface area contributed by atoms with Gasteiger partial charge >= 0.3 is 5.97 Å². The summed E-state index contributed by atoms with van der Waals surface area (Å²) in [7, 11) is 0. The highest BCUT2D eigenvalue weighted by molar-refractivity contribution is 5.66. The van der Waals surface area contributed by atoms with Crippen LogP contribution in [0.4, 0.5) is 0 Å². The molecule has 2 fully saturated rings. The molecule has 2 heterocycles. The van der Waals surface area contributed by atoms with Gasteiger partial charge in [-0.2, -0.15) is 0 Å². The number of hydrogen-bond acceptors (Lipinski definition) is 6. The predicted molar refractivity (Wildman–Crippen MR) is 42.2 cm³/mol. The molecule has 0 unspecified atom stereocenters. The molecular formula is C8H12O6. The molecule has 0 spiro atoms. The van der Waals surface area contributed by atoms with Crippen LogP contribution in [0.2, 0.25) is 0 Å². The highest BCUT2D eigenvalue weighted by Gasteiger charge is 2.51. The van der Waals surface area contributed by atoms with E-state index in [4.69, 9.17) is 14.2 Å². The summed E-state index contributed by atoms with van der Waals surface area (Å²) >= 11 is 0. The molecule has 2 bridgehead atoms. The van der Waals surface area contributed by atoms with Gasteiger partial charge in [0.1, 0.15) is 18.3 Å². The molecule has 0 saturated carbocycles. The Morgan fingerprint density at radius 2 is 2.14 bits per heavy atom. The standard InChI is InChI=1S/C8H12O6/c1-3(9)13-7-5(10)4-2-12-8(14-4)6(7)11/h4-8,10-11H,2H2,1H3/t4-,5+,6-,7+,8-/m1/s1. The number of carbonyl (C=O) groups is 1. The molecule has 2 N–H and O–H groups in total. The van der Waals surface area contributed by atoms with Crippen molar-refractivity contribution < 1.29 is 29.2 Å². The summed E-state index contributed by atoms with van der Waals surface area (Å²) < 4.78 is 15.0. The molecule has 0 aromatic rings. The van der Waals surface area contributed by atoms with Crippen molar-refractivity contribution in [1.29, 1.82) is 0 Å². The molecule has 2 rings (SSSR count). The van der Waals surface area contributed by atoms with Gasteiger partial charge in [-0.15, -0.1) is 0 Å². The lowest BCUT2D eigenvalue weighted by atomic mass is 10.0. The fourth-order valence-corrected chi connectivity index (χ4v) is 1.70. The number of aliphatic hydroxyl groups excluding tert-OH is 2. The van der Waals surface area contributed by atoms with Gasteiger partial charge in [-0.25, -0.2) is 0 Å². The highest BCUT2D eigenvalue weighted by atomic mass is 16.7. The summed E-state index contributed by atoms with van der Waals surface area (Å²) in [6.45, 7) is 1.43. The van der Waals surface area contributed by atoms with Crippen molar-refractivity contribution in [2.75, 3.05) is 6.61 Å². The summed E-state index contributed by atoms with van der Waals surface area (Å²) in [5.41, 5.74) is 0. The molecule has 14 heavy (non-hydrogen) atoms. The maximum Gasteiger partial charge on any atom is 0.303 e. The second-order valence-corrected chi connectivity index (χ2v) is 3.43. The van der Waals surface area contributed by atoms with Crippen LogP contribution < -0.4 is 0 Å². The predicted octanol–water partition coefficient (Wildman–Crippen LogP) is -1.60. The largest absolute Gasteiger partial charge is 0.457 e. The lowest BCUT2D eigenvalue weighted by Gasteiger charge is -2.34. The Bertz CT molecular complexity index is 226. The molecule has 0 aromatic carbocycles. The number of fused-ring (bicyclic) bond motifs is 2. The number of ether oxygens (including phenoxy) is 3. The van der Waals surface area contributed by atoms with Crippen LogP contribution in [-0.4, -0.2) is 53.5 Å². The molecule has 0 radical (unpaired) electrons. The molecule has 6 heteroatoms. The normalized spacial score (nSPS) is 46.4. The number of carbonyl (C=O) groups excluding carboxylic acids is 1. The molecule has 2 aliphatic heterocycles. The molecule has 80 valence electrons. The number of rotatable bonds is 1. The van der Waals surface area contributed by atoms with E-state index in [1.54, 1.807) is 0 Å². The van der Waals surface area contributed by atoms with Crippen molar-refractivity contribution in [1.82, 2.24) is 0 Å². The van der Waals surface area contributed by atoms with Crippen LogP contribution in [0, 0.1) is 0 Å². The first-order valence-corrected chi connectivity index (χ1v) is 4.40. The van der Waals surface area contributed by atoms with E-state index >= 15 is 0 Å². The topological polar surface area (TPSA) is 85.2 Å². The van der Waals surface area contributed by atoms with Gasteiger partial charge in [-0.05, 0) is 0 Å². The van der Waals surface area contributed by atoms with Gasteiger partial charge in [0, 0.05) is 6.92 Å². The lowest BCUT2D eigenvalue weighted by Crippen LogP contribution is -2.55. The van der Waals surface area contributed by atoms with Crippen LogP contribution in [0.5, 0.6) is 0 Å². The van der Waals surface area contributed by atoms with Gasteiger partial charge in [-0.3, -0.25) is 4.79 Å². The Hall–Kier alpha value is -0.690. The summed E-state index contributed by atoms with van der Waals surface area (Å²) in [5, 5.41) is 19.2. The van der Waals surface area contributed by atoms with E-state index in [1.807, 2.05) is 0 Å². The minimum Gasteiger partial charge on any atom is -0.457 e. The zero-order valence-electron chi connectivity index (χ0n) is 7.62. The van der Waals surface area contributed by atoms with E-state index in [9.17, 15) is 15.0 Å². The van der Waals surface area contributed by atoms with Crippen molar-refractivity contribution in [2.45, 2.75) is 37.6 Å². The van der Waals surface area contributed by atoms with E-state index < -0.39 is 36.7 Å². The Balaban J connectivity index is 2.10. The quantitative estimate of drug-likeness (QED) is 0.500. The van der Waals surface area contributed by atoms with Crippen molar-refractivity contribution >= 4 is 5.97 Å². The Morgan fingerprint density at radius 3 is 2.79 bits per heavy atom. The Labute approximate surface area is 80.4 Å². The van der Waals surface area contributed by atoms with Crippen molar-refractivity contribution in [3.05, 3.63) is 0 Å². The second-order valence-electron chi connectivity index (χ2n) is 3.43. The van der Waals surface area contributed by atoms with Gasteiger partial charge in [0.05, 0.1) is 6.61 Å². The molecule has 0 amide bonds. The molecule has 0 aliphatic carbocycles. The average Bonchev–Trinajstić information content (AvgIpc) is 2.55. The first-order valence-electron chi connectivity index (χ1n) is 4.40. The van der Waals surface area contributed by atoms with Crippen LogP contribution in [0.15, 0.2) is 0 Å². The fourth-order valence-electron chi connectivity index (χ4n) is 1.70. The zero-order chi connectivity index (χ0) is 10.3. The van der Waals surface area contributed by atoms with E-state index in [1.165, 1.54) is 6.92 Å². The van der Waals surface area contributed by atoms with Crippen molar-refractivity contribution in [2.24, 2.45) is 0 Å².